The first-order valence-corrected chi connectivity index (χ1v) is 6.39. The van der Waals surface area contributed by atoms with Gasteiger partial charge < -0.3 is 10.1 Å². The quantitative estimate of drug-likeness (QED) is 0.823. The molecule has 1 aromatic carbocycles. The standard InChI is InChI=1S/C14H18N2O3/c1-3-14(2)12(17)16(13(18)15-14)9-10-19-11-7-5-4-6-8-11/h4-8H,3,9-10H2,1-2H3,(H,15,18)/t14-/m1/s1. The van der Waals surface area contributed by atoms with Gasteiger partial charge in [0.05, 0.1) is 6.54 Å². The Morgan fingerprint density at radius 2 is 1.95 bits per heavy atom. The van der Waals surface area contributed by atoms with Crippen molar-refractivity contribution in [1.82, 2.24) is 10.2 Å². The van der Waals surface area contributed by atoms with Crippen LogP contribution in [-0.2, 0) is 4.79 Å². The molecule has 1 aromatic rings. The van der Waals surface area contributed by atoms with Crippen molar-refractivity contribution in [3.8, 4) is 5.75 Å². The molecule has 1 heterocycles. The van der Waals surface area contributed by atoms with Crippen molar-refractivity contribution in [3.05, 3.63) is 30.3 Å². The van der Waals surface area contributed by atoms with E-state index in [2.05, 4.69) is 5.32 Å². The summed E-state index contributed by atoms with van der Waals surface area (Å²) in [7, 11) is 0. The van der Waals surface area contributed by atoms with Crippen molar-refractivity contribution < 1.29 is 14.3 Å². The molecule has 0 aliphatic carbocycles. The second kappa shape index (κ2) is 5.30. The number of carbonyl (C=O) groups excluding carboxylic acids is 2. The van der Waals surface area contributed by atoms with Crippen molar-refractivity contribution in [3.63, 3.8) is 0 Å². The molecular formula is C14H18N2O3. The van der Waals surface area contributed by atoms with Crippen LogP contribution in [0.25, 0.3) is 0 Å². The summed E-state index contributed by atoms with van der Waals surface area (Å²) in [5, 5.41) is 2.71. The SMILES string of the molecule is CC[C@@]1(C)NC(=O)N(CCOc2ccccc2)C1=O. The second-order valence-corrected chi connectivity index (χ2v) is 4.73. The number of nitrogens with one attached hydrogen (secondary N) is 1. The fourth-order valence-corrected chi connectivity index (χ4v) is 1.96. The second-order valence-electron chi connectivity index (χ2n) is 4.73. The Balaban J connectivity index is 1.90. The summed E-state index contributed by atoms with van der Waals surface area (Å²) in [6.07, 6.45) is 0.577. The lowest BCUT2D eigenvalue weighted by Gasteiger charge is -2.19. The van der Waals surface area contributed by atoms with Crippen molar-refractivity contribution in [2.45, 2.75) is 25.8 Å². The van der Waals surface area contributed by atoms with E-state index in [-0.39, 0.29) is 18.5 Å². The summed E-state index contributed by atoms with van der Waals surface area (Å²) >= 11 is 0. The number of para-hydroxylation sites is 1. The number of hydrogen-bond acceptors (Lipinski definition) is 3. The largest absolute Gasteiger partial charge is 0.492 e. The van der Waals surface area contributed by atoms with E-state index in [4.69, 9.17) is 4.74 Å². The van der Waals surface area contributed by atoms with Crippen molar-refractivity contribution in [2.24, 2.45) is 0 Å². The van der Waals surface area contributed by atoms with E-state index in [1.165, 1.54) is 4.90 Å². The van der Waals surface area contributed by atoms with Crippen LogP contribution in [-0.4, -0.2) is 35.5 Å². The zero-order chi connectivity index (χ0) is 13.9. The lowest BCUT2D eigenvalue weighted by atomic mass is 9.99. The van der Waals surface area contributed by atoms with Gasteiger partial charge in [0.1, 0.15) is 17.9 Å². The smallest absolute Gasteiger partial charge is 0.325 e. The fraction of sp³-hybridized carbons (Fsp3) is 0.429. The fourth-order valence-electron chi connectivity index (χ4n) is 1.96. The minimum absolute atomic E-state index is 0.184. The predicted octanol–water partition coefficient (Wildman–Crippen LogP) is 1.79. The molecule has 102 valence electrons. The monoisotopic (exact) mass is 262 g/mol. The normalized spacial score (nSPS) is 22.5. The van der Waals surface area contributed by atoms with E-state index in [1.54, 1.807) is 6.92 Å². The highest BCUT2D eigenvalue weighted by Crippen LogP contribution is 2.20. The van der Waals surface area contributed by atoms with Gasteiger partial charge in [0.15, 0.2) is 0 Å². The lowest BCUT2D eigenvalue weighted by Crippen LogP contribution is -2.43. The van der Waals surface area contributed by atoms with Gasteiger partial charge in [-0.1, -0.05) is 25.1 Å². The van der Waals surface area contributed by atoms with E-state index in [1.807, 2.05) is 37.3 Å². The minimum atomic E-state index is -0.774. The van der Waals surface area contributed by atoms with Crippen LogP contribution in [0.5, 0.6) is 5.75 Å². The Morgan fingerprint density at radius 3 is 2.53 bits per heavy atom. The molecular weight excluding hydrogens is 244 g/mol. The number of urea groups is 1. The summed E-state index contributed by atoms with van der Waals surface area (Å²) < 4.78 is 5.49. The Hall–Kier alpha value is -2.04. The van der Waals surface area contributed by atoms with Crippen LogP contribution in [0.1, 0.15) is 20.3 Å². The number of amides is 3. The summed E-state index contributed by atoms with van der Waals surface area (Å²) in [5.41, 5.74) is -0.774. The van der Waals surface area contributed by atoms with Gasteiger partial charge in [0.25, 0.3) is 5.91 Å². The third-order valence-electron chi connectivity index (χ3n) is 3.38. The molecule has 0 unspecified atom stereocenters. The molecule has 1 atom stereocenters. The first-order chi connectivity index (χ1) is 9.07. The van der Waals surface area contributed by atoms with Crippen LogP contribution in [0.4, 0.5) is 4.79 Å². The molecule has 1 N–H and O–H groups in total. The molecule has 0 bridgehead atoms. The maximum atomic E-state index is 12.1. The van der Waals surface area contributed by atoms with Gasteiger partial charge in [0, 0.05) is 0 Å². The van der Waals surface area contributed by atoms with Crippen LogP contribution in [0.15, 0.2) is 30.3 Å². The zero-order valence-corrected chi connectivity index (χ0v) is 11.2. The van der Waals surface area contributed by atoms with Crippen LogP contribution in [0.3, 0.4) is 0 Å². The summed E-state index contributed by atoms with van der Waals surface area (Å²) in [5.74, 6) is 0.546. The number of rotatable bonds is 5. The summed E-state index contributed by atoms with van der Waals surface area (Å²) in [6.45, 7) is 4.17. The van der Waals surface area contributed by atoms with Gasteiger partial charge in [-0.3, -0.25) is 9.69 Å². The average molecular weight is 262 g/mol. The van der Waals surface area contributed by atoms with Gasteiger partial charge in [-0.25, -0.2) is 4.79 Å². The number of carbonyl (C=O) groups is 2. The van der Waals surface area contributed by atoms with Crippen molar-refractivity contribution >= 4 is 11.9 Å². The van der Waals surface area contributed by atoms with Crippen molar-refractivity contribution in [2.75, 3.05) is 13.2 Å². The molecule has 5 nitrogen and oxygen atoms in total. The molecule has 19 heavy (non-hydrogen) atoms. The molecule has 3 amide bonds. The number of ether oxygens (including phenoxy) is 1. The molecule has 0 aromatic heterocycles. The zero-order valence-electron chi connectivity index (χ0n) is 11.2. The van der Waals surface area contributed by atoms with Crippen LogP contribution >= 0.6 is 0 Å². The average Bonchev–Trinajstić information content (AvgIpc) is 2.64. The topological polar surface area (TPSA) is 58.6 Å². The van der Waals surface area contributed by atoms with E-state index in [0.717, 1.165) is 5.75 Å². The molecule has 1 fully saturated rings. The Kier molecular flexibility index (Phi) is 3.74. The van der Waals surface area contributed by atoms with Crippen LogP contribution in [0.2, 0.25) is 0 Å². The summed E-state index contributed by atoms with van der Waals surface area (Å²) in [4.78, 5) is 25.1. The summed E-state index contributed by atoms with van der Waals surface area (Å²) in [6, 6.07) is 8.97. The predicted molar refractivity (Wildman–Crippen MR) is 70.9 cm³/mol. The molecule has 0 spiro atoms. The van der Waals surface area contributed by atoms with Crippen LogP contribution < -0.4 is 10.1 Å². The van der Waals surface area contributed by atoms with Crippen LogP contribution in [0, 0.1) is 0 Å². The number of benzene rings is 1. The Labute approximate surface area is 112 Å². The number of nitrogens with zero attached hydrogens (tertiary/aromatic N) is 1. The molecule has 1 saturated heterocycles. The highest BCUT2D eigenvalue weighted by atomic mass is 16.5. The molecule has 1 aliphatic rings. The third-order valence-corrected chi connectivity index (χ3v) is 3.38. The maximum Gasteiger partial charge on any atom is 0.325 e. The number of imide groups is 1. The first kappa shape index (κ1) is 13.4. The molecule has 5 heteroatoms. The first-order valence-electron chi connectivity index (χ1n) is 6.39. The third kappa shape index (κ3) is 2.70. The van der Waals surface area contributed by atoms with Gasteiger partial charge >= 0.3 is 6.03 Å². The van der Waals surface area contributed by atoms with Gasteiger partial charge in [-0.05, 0) is 25.5 Å². The molecule has 0 saturated carbocycles. The van der Waals surface area contributed by atoms with Gasteiger partial charge in [-0.15, -0.1) is 0 Å². The Bertz CT molecular complexity index is 475. The van der Waals surface area contributed by atoms with E-state index in [9.17, 15) is 9.59 Å². The van der Waals surface area contributed by atoms with Gasteiger partial charge in [0.2, 0.25) is 0 Å². The highest BCUT2D eigenvalue weighted by Gasteiger charge is 2.46. The Morgan fingerprint density at radius 1 is 1.26 bits per heavy atom. The van der Waals surface area contributed by atoms with E-state index >= 15 is 0 Å². The molecule has 1 aliphatic heterocycles. The van der Waals surface area contributed by atoms with E-state index in [0.29, 0.717) is 13.0 Å². The molecule has 0 radical (unpaired) electrons. The minimum Gasteiger partial charge on any atom is -0.492 e. The number of hydrogen-bond donors (Lipinski definition) is 1. The maximum absolute atomic E-state index is 12.1. The van der Waals surface area contributed by atoms with Crippen molar-refractivity contribution in [1.29, 1.82) is 0 Å². The van der Waals surface area contributed by atoms with Gasteiger partial charge in [-0.2, -0.15) is 0 Å². The molecule has 2 rings (SSSR count). The lowest BCUT2D eigenvalue weighted by molar-refractivity contribution is -0.131. The van der Waals surface area contributed by atoms with E-state index < -0.39 is 5.54 Å². The highest BCUT2D eigenvalue weighted by molar-refractivity contribution is 6.06.